The maximum atomic E-state index is 12.2. The third-order valence-electron chi connectivity index (χ3n) is 4.25. The van der Waals surface area contributed by atoms with Gasteiger partial charge < -0.3 is 9.47 Å². The molecule has 1 aliphatic heterocycles. The van der Waals surface area contributed by atoms with E-state index < -0.39 is 0 Å². The molecule has 110 valence electrons. The summed E-state index contributed by atoms with van der Waals surface area (Å²) in [7, 11) is 0. The van der Waals surface area contributed by atoms with E-state index in [2.05, 4.69) is 20.8 Å². The molecule has 2 aliphatic rings. The lowest BCUT2D eigenvalue weighted by Gasteiger charge is -2.27. The van der Waals surface area contributed by atoms with Crippen molar-refractivity contribution < 1.29 is 4.79 Å². The molecule has 0 unspecified atom stereocenters. The minimum absolute atomic E-state index is 0.292. The number of hydrogen-bond donors (Lipinski definition) is 0. The lowest BCUT2D eigenvalue weighted by atomic mass is 10.2. The molecule has 1 aliphatic carbocycles. The first-order valence-electron chi connectivity index (χ1n) is 7.58. The van der Waals surface area contributed by atoms with Gasteiger partial charge in [-0.05, 0) is 24.8 Å². The fourth-order valence-corrected chi connectivity index (χ4v) is 2.86. The third-order valence-corrected chi connectivity index (χ3v) is 4.25. The molecule has 21 heavy (non-hydrogen) atoms. The van der Waals surface area contributed by atoms with Crippen molar-refractivity contribution >= 4 is 5.91 Å². The van der Waals surface area contributed by atoms with Gasteiger partial charge in [0, 0.05) is 38.1 Å². The summed E-state index contributed by atoms with van der Waals surface area (Å²) in [5.41, 5.74) is 1.00. The topological polar surface area (TPSA) is 56.0 Å². The zero-order chi connectivity index (χ0) is 14.2. The van der Waals surface area contributed by atoms with Crippen molar-refractivity contribution in [2.45, 2.75) is 38.9 Å². The largest absolute Gasteiger partial charge is 0.333 e. The van der Waals surface area contributed by atoms with Crippen molar-refractivity contribution in [2.75, 3.05) is 6.54 Å². The average molecular weight is 285 g/mol. The second-order valence-corrected chi connectivity index (χ2v) is 6.01. The molecule has 0 spiro atoms. The highest BCUT2D eigenvalue weighted by Crippen LogP contribution is 2.33. The molecule has 0 bridgehead atoms. The summed E-state index contributed by atoms with van der Waals surface area (Å²) in [5.74, 6) is 1.93. The van der Waals surface area contributed by atoms with E-state index in [1.165, 1.54) is 12.8 Å². The van der Waals surface area contributed by atoms with Crippen LogP contribution in [0.3, 0.4) is 0 Å². The summed E-state index contributed by atoms with van der Waals surface area (Å²) in [6.07, 6.45) is 8.96. The van der Waals surface area contributed by atoms with Gasteiger partial charge in [0.25, 0.3) is 0 Å². The zero-order valence-corrected chi connectivity index (χ0v) is 12.0. The Labute approximate surface area is 123 Å². The second-order valence-electron chi connectivity index (χ2n) is 6.01. The second kappa shape index (κ2) is 5.02. The van der Waals surface area contributed by atoms with E-state index >= 15 is 0 Å². The molecule has 0 saturated heterocycles. The predicted octanol–water partition coefficient (Wildman–Crippen LogP) is 1.27. The molecule has 6 heteroatoms. The Morgan fingerprint density at radius 3 is 3.00 bits per heavy atom. The van der Waals surface area contributed by atoms with Gasteiger partial charge in [0.15, 0.2) is 0 Å². The van der Waals surface area contributed by atoms with E-state index in [1.807, 2.05) is 21.8 Å². The van der Waals surface area contributed by atoms with Crippen LogP contribution in [-0.2, 0) is 24.4 Å². The van der Waals surface area contributed by atoms with Crippen molar-refractivity contribution in [3.05, 3.63) is 36.2 Å². The molecule has 0 atom stereocenters. The molecule has 0 aromatic carbocycles. The Balaban J connectivity index is 1.45. The number of imidazole rings is 1. The number of carbonyl (C=O) groups is 1. The molecular formula is C15H19N5O. The first-order chi connectivity index (χ1) is 10.3. The minimum Gasteiger partial charge on any atom is -0.333 e. The molecule has 6 nitrogen and oxygen atoms in total. The van der Waals surface area contributed by atoms with Crippen LogP contribution in [0, 0.1) is 5.92 Å². The van der Waals surface area contributed by atoms with Crippen LogP contribution in [0.2, 0.25) is 0 Å². The summed E-state index contributed by atoms with van der Waals surface area (Å²) in [6, 6.07) is 1.91. The van der Waals surface area contributed by atoms with E-state index in [0.717, 1.165) is 31.0 Å². The molecule has 3 heterocycles. The van der Waals surface area contributed by atoms with Crippen molar-refractivity contribution in [2.24, 2.45) is 5.92 Å². The molecule has 2 aromatic heterocycles. The summed E-state index contributed by atoms with van der Waals surface area (Å²) in [5, 5.41) is 4.20. The average Bonchev–Trinajstić information content (AvgIpc) is 3.00. The van der Waals surface area contributed by atoms with Crippen LogP contribution in [0.5, 0.6) is 0 Å². The summed E-state index contributed by atoms with van der Waals surface area (Å²) in [4.78, 5) is 18.8. The molecule has 1 fully saturated rings. The standard InChI is InChI=1S/C15H19N5O/c21-15(8-12-2-3-12)19-7-6-18-9-13(17-14(18)11-19)10-20-5-1-4-16-20/h1,4-5,9,12H,2-3,6-8,10-11H2. The van der Waals surface area contributed by atoms with Crippen molar-refractivity contribution in [1.82, 2.24) is 24.2 Å². The van der Waals surface area contributed by atoms with Crippen LogP contribution in [0.15, 0.2) is 24.7 Å². The maximum absolute atomic E-state index is 12.2. The smallest absolute Gasteiger partial charge is 0.223 e. The van der Waals surface area contributed by atoms with E-state index in [4.69, 9.17) is 0 Å². The van der Waals surface area contributed by atoms with Gasteiger partial charge >= 0.3 is 0 Å². The molecule has 1 amide bonds. The van der Waals surface area contributed by atoms with Crippen molar-refractivity contribution in [3.63, 3.8) is 0 Å². The fraction of sp³-hybridized carbons (Fsp3) is 0.533. The van der Waals surface area contributed by atoms with Crippen LogP contribution in [0.4, 0.5) is 0 Å². The quantitative estimate of drug-likeness (QED) is 0.850. The SMILES string of the molecule is O=C(CC1CC1)N1CCn2cc(Cn3cccn3)nc2C1. The number of nitrogens with zero attached hydrogens (tertiary/aromatic N) is 5. The number of hydrogen-bond acceptors (Lipinski definition) is 3. The summed E-state index contributed by atoms with van der Waals surface area (Å²) in [6.45, 7) is 2.97. The van der Waals surface area contributed by atoms with Gasteiger partial charge in [-0.25, -0.2) is 4.98 Å². The number of amides is 1. The third kappa shape index (κ3) is 2.70. The van der Waals surface area contributed by atoms with Crippen molar-refractivity contribution in [1.29, 1.82) is 0 Å². The van der Waals surface area contributed by atoms with Crippen LogP contribution in [0.1, 0.15) is 30.8 Å². The molecule has 1 saturated carbocycles. The van der Waals surface area contributed by atoms with Gasteiger partial charge in [-0.3, -0.25) is 9.48 Å². The molecule has 0 N–H and O–H groups in total. The van der Waals surface area contributed by atoms with Gasteiger partial charge in [0.1, 0.15) is 5.82 Å². The Bertz CT molecular complexity index is 641. The van der Waals surface area contributed by atoms with Gasteiger partial charge in [0.2, 0.25) is 5.91 Å². The van der Waals surface area contributed by atoms with Crippen LogP contribution in [0.25, 0.3) is 0 Å². The maximum Gasteiger partial charge on any atom is 0.223 e. The predicted molar refractivity (Wildman–Crippen MR) is 76.3 cm³/mol. The summed E-state index contributed by atoms with van der Waals surface area (Å²) >= 11 is 0. The molecular weight excluding hydrogens is 266 g/mol. The first kappa shape index (κ1) is 12.6. The Kier molecular flexibility index (Phi) is 3.02. The van der Waals surface area contributed by atoms with Crippen LogP contribution >= 0.6 is 0 Å². The highest BCUT2D eigenvalue weighted by atomic mass is 16.2. The molecule has 0 radical (unpaired) electrons. The Hall–Kier alpha value is -2.11. The monoisotopic (exact) mass is 285 g/mol. The number of fused-ring (bicyclic) bond motifs is 1. The molecule has 4 rings (SSSR count). The highest BCUT2D eigenvalue weighted by molar-refractivity contribution is 5.76. The van der Waals surface area contributed by atoms with Crippen LogP contribution in [-0.4, -0.2) is 36.7 Å². The number of carbonyl (C=O) groups excluding carboxylic acids is 1. The van der Waals surface area contributed by atoms with E-state index in [9.17, 15) is 4.79 Å². The lowest BCUT2D eigenvalue weighted by Crippen LogP contribution is -2.38. The zero-order valence-electron chi connectivity index (χ0n) is 12.0. The highest BCUT2D eigenvalue weighted by Gasteiger charge is 2.29. The Morgan fingerprint density at radius 1 is 1.33 bits per heavy atom. The number of aromatic nitrogens is 4. The van der Waals surface area contributed by atoms with E-state index in [-0.39, 0.29) is 0 Å². The van der Waals surface area contributed by atoms with Gasteiger partial charge in [-0.2, -0.15) is 5.10 Å². The van der Waals surface area contributed by atoms with Gasteiger partial charge in [0.05, 0.1) is 18.8 Å². The minimum atomic E-state index is 0.292. The first-order valence-corrected chi connectivity index (χ1v) is 7.58. The van der Waals surface area contributed by atoms with Crippen molar-refractivity contribution in [3.8, 4) is 0 Å². The van der Waals surface area contributed by atoms with Gasteiger partial charge in [-0.15, -0.1) is 0 Å². The fourth-order valence-electron chi connectivity index (χ4n) is 2.86. The number of rotatable bonds is 4. The van der Waals surface area contributed by atoms with E-state index in [1.54, 1.807) is 6.20 Å². The summed E-state index contributed by atoms with van der Waals surface area (Å²) < 4.78 is 4.03. The van der Waals surface area contributed by atoms with Crippen LogP contribution < -0.4 is 0 Å². The van der Waals surface area contributed by atoms with E-state index in [0.29, 0.717) is 24.9 Å². The molecule has 2 aromatic rings. The Morgan fingerprint density at radius 2 is 2.24 bits per heavy atom. The van der Waals surface area contributed by atoms with Gasteiger partial charge in [-0.1, -0.05) is 0 Å². The normalized spacial score (nSPS) is 17.8. The lowest BCUT2D eigenvalue weighted by molar-refractivity contribution is -0.133.